The Hall–Kier alpha value is -2.04. The zero-order valence-electron chi connectivity index (χ0n) is 11.6. The van der Waals surface area contributed by atoms with E-state index in [1.165, 1.54) is 22.4 Å². The van der Waals surface area contributed by atoms with Crippen molar-refractivity contribution in [2.75, 3.05) is 20.2 Å². The van der Waals surface area contributed by atoms with Gasteiger partial charge in [-0.05, 0) is 42.5 Å². The van der Waals surface area contributed by atoms with Crippen molar-refractivity contribution in [1.82, 2.24) is 4.90 Å². The van der Waals surface area contributed by atoms with Crippen LogP contribution in [0.5, 0.6) is 5.75 Å². The molecule has 0 saturated carbocycles. The zero-order chi connectivity index (χ0) is 14.5. The Morgan fingerprint density at radius 1 is 1.30 bits per heavy atom. The van der Waals surface area contributed by atoms with Crippen molar-refractivity contribution < 1.29 is 19.4 Å². The highest BCUT2D eigenvalue weighted by Crippen LogP contribution is 2.25. The molecule has 0 saturated heterocycles. The van der Waals surface area contributed by atoms with Crippen molar-refractivity contribution in [3.05, 3.63) is 29.3 Å². The van der Waals surface area contributed by atoms with Gasteiger partial charge in [-0.15, -0.1) is 0 Å². The number of hydrogen-bond donors (Lipinski definition) is 1. The first-order valence-electron chi connectivity index (χ1n) is 6.76. The lowest BCUT2D eigenvalue weighted by Gasteiger charge is -2.16. The maximum absolute atomic E-state index is 11.8. The third kappa shape index (κ3) is 3.73. The van der Waals surface area contributed by atoms with Crippen molar-refractivity contribution in [3.63, 3.8) is 0 Å². The first-order valence-corrected chi connectivity index (χ1v) is 6.76. The fourth-order valence-electron chi connectivity index (χ4n) is 2.28. The molecule has 1 N–H and O–H groups in total. The summed E-state index contributed by atoms with van der Waals surface area (Å²) < 4.78 is 5.48. The number of carboxylic acids is 1. The van der Waals surface area contributed by atoms with Crippen LogP contribution in [0.15, 0.2) is 18.2 Å². The molecule has 0 heterocycles. The van der Waals surface area contributed by atoms with E-state index in [1.54, 1.807) is 7.05 Å². The van der Waals surface area contributed by atoms with Crippen LogP contribution in [-0.4, -0.2) is 42.1 Å². The van der Waals surface area contributed by atoms with Crippen LogP contribution in [-0.2, 0) is 22.4 Å². The molecule has 1 aliphatic rings. The Balaban J connectivity index is 1.82. The maximum Gasteiger partial charge on any atom is 0.305 e. The minimum atomic E-state index is -0.913. The Morgan fingerprint density at radius 2 is 2.05 bits per heavy atom. The largest absolute Gasteiger partial charge is 0.484 e. The van der Waals surface area contributed by atoms with Crippen LogP contribution >= 0.6 is 0 Å². The van der Waals surface area contributed by atoms with E-state index in [2.05, 4.69) is 6.07 Å². The molecular formula is C15H19NO4. The van der Waals surface area contributed by atoms with Crippen LogP contribution in [0.25, 0.3) is 0 Å². The zero-order valence-corrected chi connectivity index (χ0v) is 11.6. The molecule has 108 valence electrons. The van der Waals surface area contributed by atoms with Gasteiger partial charge in [0.1, 0.15) is 5.75 Å². The highest BCUT2D eigenvalue weighted by atomic mass is 16.5. The van der Waals surface area contributed by atoms with E-state index in [1.807, 2.05) is 12.1 Å². The van der Waals surface area contributed by atoms with Crippen LogP contribution in [0.4, 0.5) is 0 Å². The number of rotatable bonds is 6. The van der Waals surface area contributed by atoms with Crippen LogP contribution in [0.1, 0.15) is 24.0 Å². The molecule has 20 heavy (non-hydrogen) atoms. The average molecular weight is 277 g/mol. The number of benzene rings is 1. The molecule has 1 aliphatic carbocycles. The SMILES string of the molecule is CN(CCC(=O)O)C(=O)COc1ccc2c(c1)CCC2. The average Bonchev–Trinajstić information content (AvgIpc) is 2.89. The molecule has 0 spiro atoms. The van der Waals surface area contributed by atoms with Crippen LogP contribution in [0.2, 0.25) is 0 Å². The van der Waals surface area contributed by atoms with E-state index in [9.17, 15) is 9.59 Å². The number of likely N-dealkylation sites (N-methyl/N-ethyl adjacent to an activating group) is 1. The summed E-state index contributed by atoms with van der Waals surface area (Å²) >= 11 is 0. The topological polar surface area (TPSA) is 66.8 Å². The van der Waals surface area contributed by atoms with Gasteiger partial charge in [-0.2, -0.15) is 0 Å². The number of ether oxygens (including phenoxy) is 1. The van der Waals surface area contributed by atoms with Crippen molar-refractivity contribution >= 4 is 11.9 Å². The molecule has 0 bridgehead atoms. The second-order valence-electron chi connectivity index (χ2n) is 5.03. The van der Waals surface area contributed by atoms with Gasteiger partial charge < -0.3 is 14.7 Å². The van der Waals surface area contributed by atoms with Gasteiger partial charge in [-0.3, -0.25) is 9.59 Å². The molecule has 1 aromatic rings. The number of nitrogens with zero attached hydrogens (tertiary/aromatic N) is 1. The number of aliphatic carboxylic acids is 1. The van der Waals surface area contributed by atoms with Gasteiger partial charge in [0.2, 0.25) is 0 Å². The van der Waals surface area contributed by atoms with E-state index in [0.717, 1.165) is 12.8 Å². The smallest absolute Gasteiger partial charge is 0.305 e. The number of hydrogen-bond acceptors (Lipinski definition) is 3. The molecule has 0 aromatic heterocycles. The number of amides is 1. The van der Waals surface area contributed by atoms with Crippen LogP contribution < -0.4 is 4.74 Å². The first kappa shape index (κ1) is 14.4. The second-order valence-corrected chi connectivity index (χ2v) is 5.03. The molecule has 2 rings (SSSR count). The van der Waals surface area contributed by atoms with E-state index >= 15 is 0 Å². The Bertz CT molecular complexity index is 513. The standard InChI is InChI=1S/C15H19NO4/c1-16(8-7-15(18)19)14(17)10-20-13-6-5-11-3-2-4-12(11)9-13/h5-6,9H,2-4,7-8,10H2,1H3,(H,18,19). The summed E-state index contributed by atoms with van der Waals surface area (Å²) in [5, 5.41) is 8.57. The number of aryl methyl sites for hydroxylation is 2. The molecule has 0 atom stereocenters. The normalized spacial score (nSPS) is 12.8. The first-order chi connectivity index (χ1) is 9.56. The summed E-state index contributed by atoms with van der Waals surface area (Å²) in [5.41, 5.74) is 2.66. The predicted molar refractivity (Wildman–Crippen MR) is 73.9 cm³/mol. The molecule has 0 radical (unpaired) electrons. The fourth-order valence-corrected chi connectivity index (χ4v) is 2.28. The van der Waals surface area contributed by atoms with Crippen molar-refractivity contribution in [3.8, 4) is 5.75 Å². The summed E-state index contributed by atoms with van der Waals surface area (Å²) in [6.45, 7) is 0.136. The maximum atomic E-state index is 11.8. The number of carbonyl (C=O) groups is 2. The van der Waals surface area contributed by atoms with Crippen LogP contribution in [0, 0.1) is 0 Å². The van der Waals surface area contributed by atoms with Crippen molar-refractivity contribution in [2.45, 2.75) is 25.7 Å². The molecule has 1 aromatic carbocycles. The van der Waals surface area contributed by atoms with Gasteiger partial charge in [-0.25, -0.2) is 0 Å². The van der Waals surface area contributed by atoms with E-state index in [-0.39, 0.29) is 25.5 Å². The van der Waals surface area contributed by atoms with Crippen molar-refractivity contribution in [1.29, 1.82) is 0 Å². The molecular weight excluding hydrogens is 258 g/mol. The summed E-state index contributed by atoms with van der Waals surface area (Å²) in [6.07, 6.45) is 3.31. The summed E-state index contributed by atoms with van der Waals surface area (Å²) in [6, 6.07) is 5.93. The Labute approximate surface area is 118 Å². The molecule has 0 fully saturated rings. The highest BCUT2D eigenvalue weighted by Gasteiger charge is 2.13. The Morgan fingerprint density at radius 3 is 2.80 bits per heavy atom. The van der Waals surface area contributed by atoms with E-state index < -0.39 is 5.97 Å². The lowest BCUT2D eigenvalue weighted by Crippen LogP contribution is -2.33. The van der Waals surface area contributed by atoms with Gasteiger partial charge in [0.25, 0.3) is 5.91 Å². The minimum absolute atomic E-state index is 0.0545. The minimum Gasteiger partial charge on any atom is -0.484 e. The monoisotopic (exact) mass is 277 g/mol. The summed E-state index contributed by atoms with van der Waals surface area (Å²) in [4.78, 5) is 23.6. The van der Waals surface area contributed by atoms with Gasteiger partial charge in [-0.1, -0.05) is 6.07 Å². The quantitative estimate of drug-likeness (QED) is 0.855. The van der Waals surface area contributed by atoms with Crippen LogP contribution in [0.3, 0.4) is 0 Å². The molecule has 0 aliphatic heterocycles. The van der Waals surface area contributed by atoms with Gasteiger partial charge in [0.15, 0.2) is 6.61 Å². The predicted octanol–water partition coefficient (Wildman–Crippen LogP) is 1.49. The highest BCUT2D eigenvalue weighted by molar-refractivity contribution is 5.78. The number of carboxylic acid groups (broad SMARTS) is 1. The fraction of sp³-hybridized carbons (Fsp3) is 0.467. The molecule has 0 unspecified atom stereocenters. The van der Waals surface area contributed by atoms with Gasteiger partial charge in [0, 0.05) is 13.6 Å². The van der Waals surface area contributed by atoms with Gasteiger partial charge in [0.05, 0.1) is 6.42 Å². The molecule has 5 heteroatoms. The lowest BCUT2D eigenvalue weighted by atomic mass is 10.1. The third-order valence-corrected chi connectivity index (χ3v) is 3.52. The Kier molecular flexibility index (Phi) is 4.61. The van der Waals surface area contributed by atoms with Crippen molar-refractivity contribution in [2.24, 2.45) is 0 Å². The second kappa shape index (κ2) is 6.41. The van der Waals surface area contributed by atoms with E-state index in [4.69, 9.17) is 9.84 Å². The summed E-state index contributed by atoms with van der Waals surface area (Å²) in [7, 11) is 1.58. The number of carbonyl (C=O) groups excluding carboxylic acids is 1. The lowest BCUT2D eigenvalue weighted by molar-refractivity contribution is -0.138. The summed E-state index contributed by atoms with van der Waals surface area (Å²) in [5.74, 6) is -0.429. The molecule has 5 nitrogen and oxygen atoms in total. The van der Waals surface area contributed by atoms with E-state index in [0.29, 0.717) is 5.75 Å². The third-order valence-electron chi connectivity index (χ3n) is 3.52. The molecule has 1 amide bonds. The van der Waals surface area contributed by atoms with Gasteiger partial charge >= 0.3 is 5.97 Å². The number of fused-ring (bicyclic) bond motifs is 1.